The molecule has 1 atom stereocenters. The van der Waals surface area contributed by atoms with Gasteiger partial charge in [0.2, 0.25) is 0 Å². The first-order chi connectivity index (χ1) is 8.75. The summed E-state index contributed by atoms with van der Waals surface area (Å²) in [5.41, 5.74) is 8.25. The fourth-order valence-corrected chi connectivity index (χ4v) is 4.16. The van der Waals surface area contributed by atoms with Crippen LogP contribution in [0.2, 0.25) is 0 Å². The highest BCUT2D eigenvalue weighted by Gasteiger charge is 2.26. The van der Waals surface area contributed by atoms with Crippen molar-refractivity contribution >= 4 is 29.7 Å². The van der Waals surface area contributed by atoms with Crippen LogP contribution in [0.4, 0.5) is 0 Å². The lowest BCUT2D eigenvalue weighted by Gasteiger charge is -2.31. The molecule has 0 aromatic carbocycles. The first-order valence-corrected chi connectivity index (χ1v) is 7.78. The van der Waals surface area contributed by atoms with Crippen molar-refractivity contribution in [2.75, 3.05) is 13.1 Å². The number of halogens is 1. The molecule has 3 nitrogen and oxygen atoms in total. The number of rotatable bonds is 1. The third kappa shape index (κ3) is 2.96. The molecule has 1 aromatic heterocycles. The normalized spacial score (nSPS) is 22.6. The minimum atomic E-state index is 0. The molecule has 1 amide bonds. The van der Waals surface area contributed by atoms with E-state index >= 15 is 0 Å². The Labute approximate surface area is 124 Å². The van der Waals surface area contributed by atoms with Gasteiger partial charge >= 0.3 is 0 Å². The zero-order valence-electron chi connectivity index (χ0n) is 11.1. The molecule has 3 rings (SSSR count). The van der Waals surface area contributed by atoms with Crippen LogP contribution in [0.3, 0.4) is 0 Å². The number of nitrogens with zero attached hydrogens (tertiary/aromatic N) is 1. The third-order valence-electron chi connectivity index (χ3n) is 4.04. The highest BCUT2D eigenvalue weighted by Crippen LogP contribution is 2.31. The number of piperidine rings is 1. The molecule has 1 aromatic rings. The summed E-state index contributed by atoms with van der Waals surface area (Å²) in [5, 5.41) is 2.07. The van der Waals surface area contributed by atoms with Crippen molar-refractivity contribution in [1.82, 2.24) is 4.90 Å². The number of carbonyl (C=O) groups excluding carboxylic acids is 1. The monoisotopic (exact) mass is 300 g/mol. The first kappa shape index (κ1) is 14.8. The van der Waals surface area contributed by atoms with Gasteiger partial charge in [0.25, 0.3) is 5.91 Å². The van der Waals surface area contributed by atoms with Gasteiger partial charge in [-0.2, -0.15) is 0 Å². The number of thiophene rings is 1. The second-order valence-electron chi connectivity index (χ2n) is 5.41. The van der Waals surface area contributed by atoms with E-state index in [1.165, 1.54) is 23.3 Å². The van der Waals surface area contributed by atoms with Gasteiger partial charge in [0.15, 0.2) is 0 Å². The van der Waals surface area contributed by atoms with Gasteiger partial charge < -0.3 is 10.6 Å². The minimum absolute atomic E-state index is 0. The van der Waals surface area contributed by atoms with E-state index in [0.717, 1.165) is 44.3 Å². The summed E-state index contributed by atoms with van der Waals surface area (Å²) in [7, 11) is 0. The summed E-state index contributed by atoms with van der Waals surface area (Å²) < 4.78 is 0. The fraction of sp³-hybridized carbons (Fsp3) is 0.643. The van der Waals surface area contributed by atoms with Gasteiger partial charge in [0.1, 0.15) is 0 Å². The average Bonchev–Trinajstić information content (AvgIpc) is 2.82. The Morgan fingerprint density at radius 2 is 2.11 bits per heavy atom. The molecule has 0 radical (unpaired) electrons. The van der Waals surface area contributed by atoms with Gasteiger partial charge in [0.05, 0.1) is 5.56 Å². The highest BCUT2D eigenvalue weighted by atomic mass is 35.5. The van der Waals surface area contributed by atoms with E-state index in [-0.39, 0.29) is 24.4 Å². The lowest BCUT2D eigenvalue weighted by atomic mass is 9.95. The van der Waals surface area contributed by atoms with E-state index in [9.17, 15) is 4.79 Å². The van der Waals surface area contributed by atoms with Crippen LogP contribution in [-0.4, -0.2) is 29.9 Å². The van der Waals surface area contributed by atoms with Crippen molar-refractivity contribution in [3.8, 4) is 0 Å². The fourth-order valence-electron chi connectivity index (χ4n) is 3.04. The topological polar surface area (TPSA) is 46.3 Å². The van der Waals surface area contributed by atoms with Gasteiger partial charge in [-0.15, -0.1) is 23.7 Å². The van der Waals surface area contributed by atoms with Crippen molar-refractivity contribution in [1.29, 1.82) is 0 Å². The molecule has 0 saturated carbocycles. The third-order valence-corrected chi connectivity index (χ3v) is 5.13. The highest BCUT2D eigenvalue weighted by molar-refractivity contribution is 7.10. The van der Waals surface area contributed by atoms with E-state index < -0.39 is 0 Å². The van der Waals surface area contributed by atoms with Crippen molar-refractivity contribution < 1.29 is 4.79 Å². The lowest BCUT2D eigenvalue weighted by molar-refractivity contribution is 0.0708. The van der Waals surface area contributed by atoms with Gasteiger partial charge in [-0.25, -0.2) is 0 Å². The van der Waals surface area contributed by atoms with Crippen molar-refractivity contribution in [2.45, 2.75) is 44.6 Å². The number of nitrogens with two attached hydrogens (primary N) is 1. The van der Waals surface area contributed by atoms with Gasteiger partial charge in [-0.1, -0.05) is 0 Å². The Morgan fingerprint density at radius 3 is 2.89 bits per heavy atom. The Balaban J connectivity index is 0.00000133. The Bertz CT molecular complexity index is 460. The second-order valence-corrected chi connectivity index (χ2v) is 6.38. The smallest absolute Gasteiger partial charge is 0.255 e. The molecule has 1 saturated heterocycles. The summed E-state index contributed by atoms with van der Waals surface area (Å²) in [4.78, 5) is 15.9. The van der Waals surface area contributed by atoms with E-state index in [0.29, 0.717) is 0 Å². The zero-order chi connectivity index (χ0) is 12.5. The zero-order valence-corrected chi connectivity index (χ0v) is 12.7. The number of fused-ring (bicyclic) bond motifs is 1. The lowest BCUT2D eigenvalue weighted by Crippen LogP contribution is -2.45. The van der Waals surface area contributed by atoms with E-state index in [1.54, 1.807) is 11.3 Å². The molecule has 1 aliphatic carbocycles. The van der Waals surface area contributed by atoms with Crippen LogP contribution in [0.1, 0.15) is 46.5 Å². The molecule has 106 valence electrons. The predicted molar refractivity (Wildman–Crippen MR) is 81.3 cm³/mol. The molecular formula is C14H21ClN2OS. The molecule has 1 unspecified atom stereocenters. The molecule has 19 heavy (non-hydrogen) atoms. The van der Waals surface area contributed by atoms with E-state index in [2.05, 4.69) is 5.38 Å². The van der Waals surface area contributed by atoms with Gasteiger partial charge in [-0.3, -0.25) is 4.79 Å². The number of amides is 1. The van der Waals surface area contributed by atoms with Crippen LogP contribution in [0.5, 0.6) is 0 Å². The van der Waals surface area contributed by atoms with Crippen LogP contribution in [0.25, 0.3) is 0 Å². The van der Waals surface area contributed by atoms with Gasteiger partial charge in [-0.05, 0) is 44.1 Å². The van der Waals surface area contributed by atoms with Crippen LogP contribution >= 0.6 is 23.7 Å². The summed E-state index contributed by atoms with van der Waals surface area (Å²) in [6.07, 6.45) is 6.83. The maximum absolute atomic E-state index is 12.6. The van der Waals surface area contributed by atoms with Crippen LogP contribution in [0, 0.1) is 0 Å². The molecule has 1 aliphatic heterocycles. The van der Waals surface area contributed by atoms with Crippen molar-refractivity contribution in [3.05, 3.63) is 21.4 Å². The number of hydrogen-bond donors (Lipinski definition) is 1. The second kappa shape index (κ2) is 6.25. The minimum Gasteiger partial charge on any atom is -0.337 e. The van der Waals surface area contributed by atoms with Crippen LogP contribution in [-0.2, 0) is 12.8 Å². The average molecular weight is 301 g/mol. The van der Waals surface area contributed by atoms with Crippen LogP contribution in [0.15, 0.2) is 5.38 Å². The molecule has 0 bridgehead atoms. The quantitative estimate of drug-likeness (QED) is 0.866. The summed E-state index contributed by atoms with van der Waals surface area (Å²) in [6.45, 7) is 1.60. The summed E-state index contributed by atoms with van der Waals surface area (Å²) in [5.74, 6) is 0.213. The Morgan fingerprint density at radius 1 is 1.32 bits per heavy atom. The Kier molecular flexibility index (Phi) is 4.87. The standard InChI is InChI=1S/C14H20N2OS.ClH/c15-10-4-3-7-16(8-10)14(17)12-9-18-13-6-2-1-5-11(12)13;/h9-10H,1-8,15H2;1H. The first-order valence-electron chi connectivity index (χ1n) is 6.90. The van der Waals surface area contributed by atoms with E-state index in [1.807, 2.05) is 4.90 Å². The molecule has 1 fully saturated rings. The van der Waals surface area contributed by atoms with Crippen molar-refractivity contribution in [2.24, 2.45) is 5.73 Å². The summed E-state index contributed by atoms with van der Waals surface area (Å²) >= 11 is 1.77. The predicted octanol–water partition coefficient (Wildman–Crippen LogP) is 2.61. The summed E-state index contributed by atoms with van der Waals surface area (Å²) in [6, 6.07) is 0.164. The maximum atomic E-state index is 12.6. The molecule has 5 heteroatoms. The SMILES string of the molecule is Cl.NC1CCCN(C(=O)c2csc3c2CCCC3)C1. The molecule has 2 heterocycles. The number of likely N-dealkylation sites (tertiary alicyclic amines) is 1. The number of aryl methyl sites for hydroxylation is 1. The Hall–Kier alpha value is -0.580. The number of carbonyl (C=O) groups is 1. The molecule has 2 aliphatic rings. The van der Waals surface area contributed by atoms with Crippen LogP contribution < -0.4 is 5.73 Å². The molecular weight excluding hydrogens is 280 g/mol. The maximum Gasteiger partial charge on any atom is 0.255 e. The van der Waals surface area contributed by atoms with Crippen molar-refractivity contribution in [3.63, 3.8) is 0 Å². The largest absolute Gasteiger partial charge is 0.337 e. The number of hydrogen-bond acceptors (Lipinski definition) is 3. The van der Waals surface area contributed by atoms with Gasteiger partial charge in [0, 0.05) is 29.4 Å². The molecule has 0 spiro atoms. The molecule has 2 N–H and O–H groups in total. The van der Waals surface area contributed by atoms with E-state index in [4.69, 9.17) is 5.73 Å².